The molecule has 1 aromatic carbocycles. The molecule has 2 aromatic rings. The minimum Gasteiger partial charge on any atom is -0.370 e. The molecule has 1 aliphatic rings. The van der Waals surface area contributed by atoms with Crippen molar-refractivity contribution in [2.75, 3.05) is 11.9 Å². The van der Waals surface area contributed by atoms with Crippen LogP contribution in [-0.2, 0) is 19.3 Å². The summed E-state index contributed by atoms with van der Waals surface area (Å²) in [5.74, 6) is 1.89. The van der Waals surface area contributed by atoms with Gasteiger partial charge >= 0.3 is 0 Å². The first-order valence-electron chi connectivity index (χ1n) is 7.64. The van der Waals surface area contributed by atoms with E-state index in [4.69, 9.17) is 21.6 Å². The summed E-state index contributed by atoms with van der Waals surface area (Å²) < 4.78 is 0. The number of nitrogens with zero attached hydrogens (tertiary/aromatic N) is 2. The summed E-state index contributed by atoms with van der Waals surface area (Å²) in [5, 5.41) is 4.23. The van der Waals surface area contributed by atoms with Crippen LogP contribution in [0.4, 0.5) is 5.82 Å². The van der Waals surface area contributed by atoms with Crippen LogP contribution >= 0.6 is 11.6 Å². The molecule has 0 spiro atoms. The fourth-order valence-electron chi connectivity index (χ4n) is 2.76. The Bertz CT molecular complexity index is 640. The Kier molecular flexibility index (Phi) is 4.39. The monoisotopic (exact) mass is 301 g/mol. The van der Waals surface area contributed by atoms with Gasteiger partial charge < -0.3 is 5.32 Å². The Morgan fingerprint density at radius 1 is 1.19 bits per heavy atom. The second kappa shape index (κ2) is 6.44. The molecule has 3 nitrogen and oxygen atoms in total. The molecule has 0 saturated carbocycles. The molecule has 1 aliphatic carbocycles. The Morgan fingerprint density at radius 2 is 2.05 bits per heavy atom. The van der Waals surface area contributed by atoms with Gasteiger partial charge in [-0.3, -0.25) is 0 Å². The average Bonchev–Trinajstić information content (AvgIpc) is 2.95. The highest BCUT2D eigenvalue weighted by Crippen LogP contribution is 2.27. The van der Waals surface area contributed by atoms with Crippen molar-refractivity contribution in [3.8, 4) is 0 Å². The van der Waals surface area contributed by atoms with Crippen LogP contribution in [0.1, 0.15) is 42.4 Å². The lowest BCUT2D eigenvalue weighted by Crippen LogP contribution is -2.10. The predicted octanol–water partition coefficient (Wildman–Crippen LogP) is 4.03. The second-order valence-electron chi connectivity index (χ2n) is 5.46. The third-order valence-electron chi connectivity index (χ3n) is 3.83. The summed E-state index contributed by atoms with van der Waals surface area (Å²) in [5.41, 5.74) is 3.61. The van der Waals surface area contributed by atoms with Crippen LogP contribution in [-0.4, -0.2) is 16.5 Å². The number of benzene rings is 1. The standard InChI is InChI=1S/C17H20ClN3/c1-2-10-19-17-13-7-5-9-15(13)20-16(21-17)11-12-6-3-4-8-14(12)18/h3-4,6,8H,2,5,7,9-11H2,1H3,(H,19,20,21). The van der Waals surface area contributed by atoms with Gasteiger partial charge in [0.25, 0.3) is 0 Å². The SMILES string of the molecule is CCCNc1nc(Cc2ccccc2Cl)nc2c1CCC2. The summed E-state index contributed by atoms with van der Waals surface area (Å²) in [6.07, 6.45) is 5.12. The largest absolute Gasteiger partial charge is 0.370 e. The molecule has 0 amide bonds. The number of rotatable bonds is 5. The van der Waals surface area contributed by atoms with Crippen LogP contribution in [0.2, 0.25) is 5.02 Å². The Hall–Kier alpha value is -1.61. The number of anilines is 1. The molecule has 0 atom stereocenters. The number of halogens is 1. The normalized spacial score (nSPS) is 13.2. The maximum absolute atomic E-state index is 6.24. The molecule has 0 radical (unpaired) electrons. The summed E-state index contributed by atoms with van der Waals surface area (Å²) >= 11 is 6.24. The minimum absolute atomic E-state index is 0.688. The maximum atomic E-state index is 6.24. The summed E-state index contributed by atoms with van der Waals surface area (Å²) in [4.78, 5) is 9.49. The van der Waals surface area contributed by atoms with Gasteiger partial charge in [0.15, 0.2) is 0 Å². The van der Waals surface area contributed by atoms with Crippen molar-refractivity contribution in [3.63, 3.8) is 0 Å². The molecular weight excluding hydrogens is 282 g/mol. The first kappa shape index (κ1) is 14.3. The summed E-state index contributed by atoms with van der Waals surface area (Å²) in [6.45, 7) is 3.12. The molecule has 4 heteroatoms. The molecule has 1 aromatic heterocycles. The maximum Gasteiger partial charge on any atom is 0.135 e. The minimum atomic E-state index is 0.688. The number of hydrogen-bond acceptors (Lipinski definition) is 3. The van der Waals surface area contributed by atoms with E-state index < -0.39 is 0 Å². The van der Waals surface area contributed by atoms with E-state index in [-0.39, 0.29) is 0 Å². The molecule has 1 N–H and O–H groups in total. The summed E-state index contributed by atoms with van der Waals surface area (Å²) in [6, 6.07) is 7.91. The van der Waals surface area contributed by atoms with Gasteiger partial charge in [-0.2, -0.15) is 0 Å². The molecule has 0 unspecified atom stereocenters. The van der Waals surface area contributed by atoms with Crippen LogP contribution in [0.25, 0.3) is 0 Å². The highest BCUT2D eigenvalue weighted by molar-refractivity contribution is 6.31. The molecule has 0 aliphatic heterocycles. The van der Waals surface area contributed by atoms with Crippen molar-refractivity contribution in [2.45, 2.75) is 39.0 Å². The Balaban J connectivity index is 1.90. The van der Waals surface area contributed by atoms with Crippen molar-refractivity contribution >= 4 is 17.4 Å². The summed E-state index contributed by atoms with van der Waals surface area (Å²) in [7, 11) is 0. The van der Waals surface area contributed by atoms with Gasteiger partial charge in [0.05, 0.1) is 0 Å². The lowest BCUT2D eigenvalue weighted by molar-refractivity contribution is 0.884. The van der Waals surface area contributed by atoms with Gasteiger partial charge in [-0.15, -0.1) is 0 Å². The molecule has 110 valence electrons. The van der Waals surface area contributed by atoms with Crippen LogP contribution in [0, 0.1) is 0 Å². The molecule has 0 saturated heterocycles. The number of aromatic nitrogens is 2. The van der Waals surface area contributed by atoms with Crippen LogP contribution < -0.4 is 5.32 Å². The Labute approximate surface area is 130 Å². The van der Waals surface area contributed by atoms with Crippen molar-refractivity contribution in [2.24, 2.45) is 0 Å². The van der Waals surface area contributed by atoms with Crippen LogP contribution in [0.15, 0.2) is 24.3 Å². The highest BCUT2D eigenvalue weighted by atomic mass is 35.5. The lowest BCUT2D eigenvalue weighted by atomic mass is 10.1. The zero-order valence-electron chi connectivity index (χ0n) is 12.3. The van der Waals surface area contributed by atoms with Gasteiger partial charge in [-0.1, -0.05) is 36.7 Å². The molecule has 1 heterocycles. The van der Waals surface area contributed by atoms with Gasteiger partial charge in [-0.25, -0.2) is 9.97 Å². The zero-order chi connectivity index (χ0) is 14.7. The number of fused-ring (bicyclic) bond motifs is 1. The fraction of sp³-hybridized carbons (Fsp3) is 0.412. The van der Waals surface area contributed by atoms with Crippen LogP contribution in [0.3, 0.4) is 0 Å². The molecule has 0 bridgehead atoms. The zero-order valence-corrected chi connectivity index (χ0v) is 13.1. The smallest absolute Gasteiger partial charge is 0.135 e. The first-order chi connectivity index (χ1) is 10.3. The molecule has 0 fully saturated rings. The molecule has 21 heavy (non-hydrogen) atoms. The van der Waals surface area contributed by atoms with Gasteiger partial charge in [-0.05, 0) is 37.3 Å². The van der Waals surface area contributed by atoms with E-state index in [1.807, 2.05) is 24.3 Å². The average molecular weight is 302 g/mol. The number of nitrogens with one attached hydrogen (secondary N) is 1. The molecular formula is C17H20ClN3. The van der Waals surface area contributed by atoms with E-state index >= 15 is 0 Å². The highest BCUT2D eigenvalue weighted by Gasteiger charge is 2.19. The van der Waals surface area contributed by atoms with Gasteiger partial charge in [0.1, 0.15) is 11.6 Å². The topological polar surface area (TPSA) is 37.8 Å². The van der Waals surface area contributed by atoms with Crippen molar-refractivity contribution in [3.05, 3.63) is 51.9 Å². The van der Waals surface area contributed by atoms with E-state index in [9.17, 15) is 0 Å². The van der Waals surface area contributed by atoms with Crippen molar-refractivity contribution in [1.82, 2.24) is 9.97 Å². The van der Waals surface area contributed by atoms with E-state index in [1.54, 1.807) is 0 Å². The van der Waals surface area contributed by atoms with Crippen molar-refractivity contribution in [1.29, 1.82) is 0 Å². The quantitative estimate of drug-likeness (QED) is 0.906. The fourth-order valence-corrected chi connectivity index (χ4v) is 2.97. The number of aryl methyl sites for hydroxylation is 1. The van der Waals surface area contributed by atoms with E-state index in [1.165, 1.54) is 17.7 Å². The third-order valence-corrected chi connectivity index (χ3v) is 4.20. The first-order valence-corrected chi connectivity index (χ1v) is 8.01. The van der Waals surface area contributed by atoms with E-state index in [0.29, 0.717) is 6.42 Å². The number of hydrogen-bond donors (Lipinski definition) is 1. The van der Waals surface area contributed by atoms with Crippen LogP contribution in [0.5, 0.6) is 0 Å². The van der Waals surface area contributed by atoms with E-state index in [0.717, 1.165) is 48.0 Å². The molecule has 3 rings (SSSR count). The third kappa shape index (κ3) is 3.18. The van der Waals surface area contributed by atoms with E-state index in [2.05, 4.69) is 12.2 Å². The lowest BCUT2D eigenvalue weighted by Gasteiger charge is -2.12. The second-order valence-corrected chi connectivity index (χ2v) is 5.87. The predicted molar refractivity (Wildman–Crippen MR) is 87.1 cm³/mol. The Morgan fingerprint density at radius 3 is 2.86 bits per heavy atom. The van der Waals surface area contributed by atoms with Gasteiger partial charge in [0.2, 0.25) is 0 Å². The van der Waals surface area contributed by atoms with Gasteiger partial charge in [0, 0.05) is 29.2 Å². The van der Waals surface area contributed by atoms with Crippen molar-refractivity contribution < 1.29 is 0 Å².